The number of nitrogens with zero attached hydrogens (tertiary/aromatic N) is 4. The molecule has 3 rings (SSSR count). The third-order valence-electron chi connectivity index (χ3n) is 3.00. The molecule has 0 spiro atoms. The van der Waals surface area contributed by atoms with Crippen LogP contribution in [0.15, 0.2) is 52.0 Å². The minimum atomic E-state index is -0.274. The van der Waals surface area contributed by atoms with E-state index in [4.69, 9.17) is 23.2 Å². The molecule has 0 fully saturated rings. The van der Waals surface area contributed by atoms with E-state index >= 15 is 0 Å². The zero-order chi connectivity index (χ0) is 18.4. The number of aromatic nitrogens is 3. The van der Waals surface area contributed by atoms with Gasteiger partial charge in [0.2, 0.25) is 0 Å². The summed E-state index contributed by atoms with van der Waals surface area (Å²) in [5, 5.41) is 13.6. The lowest BCUT2D eigenvalue weighted by atomic mass is 10.2. The van der Waals surface area contributed by atoms with Crippen LogP contribution in [0.4, 0.5) is 0 Å². The van der Waals surface area contributed by atoms with E-state index in [1.54, 1.807) is 24.4 Å². The molecule has 2 heterocycles. The maximum absolute atomic E-state index is 11.9. The van der Waals surface area contributed by atoms with Gasteiger partial charge in [0.25, 0.3) is 5.91 Å². The quantitative estimate of drug-likeness (QED) is 0.365. The number of hydrogen-bond donors (Lipinski definition) is 1. The highest BCUT2D eigenvalue weighted by atomic mass is 35.5. The molecule has 26 heavy (non-hydrogen) atoms. The van der Waals surface area contributed by atoms with Crippen molar-refractivity contribution in [2.45, 2.75) is 4.34 Å². The smallest absolute Gasteiger partial charge is 0.250 e. The SMILES string of the molecule is O=C(CSc1nnc(-c2ccccn2)s1)N/N=C/c1c(Cl)cccc1Cl. The van der Waals surface area contributed by atoms with Crippen molar-refractivity contribution >= 4 is 58.4 Å². The summed E-state index contributed by atoms with van der Waals surface area (Å²) in [4.78, 5) is 16.1. The summed E-state index contributed by atoms with van der Waals surface area (Å²) < 4.78 is 0.680. The van der Waals surface area contributed by atoms with Crippen LogP contribution in [0.3, 0.4) is 0 Å². The lowest BCUT2D eigenvalue weighted by Crippen LogP contribution is -2.19. The first-order chi connectivity index (χ1) is 12.6. The van der Waals surface area contributed by atoms with Crippen LogP contribution in [0.1, 0.15) is 5.56 Å². The maximum Gasteiger partial charge on any atom is 0.250 e. The Balaban J connectivity index is 1.52. The summed E-state index contributed by atoms with van der Waals surface area (Å²) in [6, 6.07) is 10.7. The van der Waals surface area contributed by atoms with Crippen molar-refractivity contribution in [2.24, 2.45) is 5.10 Å². The molecular formula is C16H11Cl2N5OS2. The molecule has 0 aliphatic carbocycles. The van der Waals surface area contributed by atoms with Gasteiger partial charge in [-0.2, -0.15) is 5.10 Å². The number of pyridine rings is 1. The van der Waals surface area contributed by atoms with E-state index < -0.39 is 0 Å². The lowest BCUT2D eigenvalue weighted by Gasteiger charge is -2.01. The molecule has 0 unspecified atom stereocenters. The molecule has 1 amide bonds. The number of hydrazone groups is 1. The van der Waals surface area contributed by atoms with Gasteiger partial charge in [-0.1, -0.05) is 58.4 Å². The fraction of sp³-hybridized carbons (Fsp3) is 0.0625. The molecule has 1 N–H and O–H groups in total. The molecule has 0 saturated carbocycles. The topological polar surface area (TPSA) is 80.1 Å². The van der Waals surface area contributed by atoms with Crippen molar-refractivity contribution in [3.05, 3.63) is 58.2 Å². The van der Waals surface area contributed by atoms with Crippen LogP contribution in [-0.4, -0.2) is 33.1 Å². The highest BCUT2D eigenvalue weighted by Crippen LogP contribution is 2.27. The standard InChI is InChI=1S/C16H11Cl2N5OS2/c17-11-4-3-5-12(18)10(11)8-20-21-14(24)9-25-16-23-22-15(26-16)13-6-1-2-7-19-13/h1-8H,9H2,(H,21,24)/b20-8+. The van der Waals surface area contributed by atoms with E-state index in [1.807, 2.05) is 18.2 Å². The minimum Gasteiger partial charge on any atom is -0.272 e. The first-order valence-electron chi connectivity index (χ1n) is 7.27. The van der Waals surface area contributed by atoms with Crippen molar-refractivity contribution in [3.63, 3.8) is 0 Å². The highest BCUT2D eigenvalue weighted by molar-refractivity contribution is 8.01. The predicted octanol–water partition coefficient (Wildman–Crippen LogP) is 4.15. The molecule has 0 radical (unpaired) electrons. The Bertz CT molecular complexity index is 913. The van der Waals surface area contributed by atoms with Gasteiger partial charge in [-0.25, -0.2) is 5.43 Å². The maximum atomic E-state index is 11.9. The second-order valence-electron chi connectivity index (χ2n) is 4.81. The average Bonchev–Trinajstić information content (AvgIpc) is 3.12. The summed E-state index contributed by atoms with van der Waals surface area (Å²) in [5.74, 6) is -0.117. The van der Waals surface area contributed by atoms with E-state index in [1.165, 1.54) is 29.3 Å². The van der Waals surface area contributed by atoms with Gasteiger partial charge in [0.1, 0.15) is 5.69 Å². The molecule has 0 atom stereocenters. The number of amides is 1. The largest absolute Gasteiger partial charge is 0.272 e. The van der Waals surface area contributed by atoms with E-state index in [-0.39, 0.29) is 11.7 Å². The van der Waals surface area contributed by atoms with Gasteiger partial charge in [-0.3, -0.25) is 9.78 Å². The van der Waals surface area contributed by atoms with E-state index in [2.05, 4.69) is 25.7 Å². The minimum absolute atomic E-state index is 0.157. The van der Waals surface area contributed by atoms with Crippen molar-refractivity contribution in [2.75, 3.05) is 5.75 Å². The Morgan fingerprint density at radius 2 is 2.00 bits per heavy atom. The average molecular weight is 424 g/mol. The van der Waals surface area contributed by atoms with Gasteiger partial charge >= 0.3 is 0 Å². The molecule has 6 nitrogen and oxygen atoms in total. The Morgan fingerprint density at radius 1 is 1.19 bits per heavy atom. The predicted molar refractivity (Wildman–Crippen MR) is 106 cm³/mol. The second kappa shape index (κ2) is 9.09. The third kappa shape index (κ3) is 5.01. The summed E-state index contributed by atoms with van der Waals surface area (Å²) in [6.07, 6.45) is 3.11. The summed E-state index contributed by atoms with van der Waals surface area (Å²) in [7, 11) is 0. The van der Waals surface area contributed by atoms with Crippen LogP contribution in [0, 0.1) is 0 Å². The molecule has 3 aromatic rings. The number of carbonyl (C=O) groups excluding carboxylic acids is 1. The molecule has 0 aliphatic heterocycles. The van der Waals surface area contributed by atoms with Crippen molar-refractivity contribution in [1.82, 2.24) is 20.6 Å². The zero-order valence-electron chi connectivity index (χ0n) is 13.1. The monoisotopic (exact) mass is 423 g/mol. The lowest BCUT2D eigenvalue weighted by molar-refractivity contribution is -0.118. The van der Waals surface area contributed by atoms with E-state index in [0.29, 0.717) is 25.0 Å². The summed E-state index contributed by atoms with van der Waals surface area (Å²) in [5.41, 5.74) is 3.73. The van der Waals surface area contributed by atoms with Gasteiger partial charge in [0.15, 0.2) is 9.35 Å². The second-order valence-corrected chi connectivity index (χ2v) is 7.82. The number of halogens is 2. The van der Waals surface area contributed by atoms with Crippen LogP contribution >= 0.6 is 46.3 Å². The Morgan fingerprint density at radius 3 is 2.73 bits per heavy atom. The molecule has 2 aromatic heterocycles. The van der Waals surface area contributed by atoms with E-state index in [0.717, 1.165) is 5.69 Å². The van der Waals surface area contributed by atoms with Crippen molar-refractivity contribution in [1.29, 1.82) is 0 Å². The number of thioether (sulfide) groups is 1. The van der Waals surface area contributed by atoms with Crippen LogP contribution in [0.25, 0.3) is 10.7 Å². The Hall–Kier alpha value is -2.00. The molecule has 0 saturated heterocycles. The van der Waals surface area contributed by atoms with Gasteiger partial charge in [0, 0.05) is 11.8 Å². The van der Waals surface area contributed by atoms with E-state index in [9.17, 15) is 4.79 Å². The van der Waals surface area contributed by atoms with Gasteiger partial charge in [-0.15, -0.1) is 10.2 Å². The first-order valence-corrected chi connectivity index (χ1v) is 9.83. The number of benzene rings is 1. The first kappa shape index (κ1) is 18.8. The molecule has 0 bridgehead atoms. The van der Waals surface area contributed by atoms with Gasteiger partial charge < -0.3 is 0 Å². The highest BCUT2D eigenvalue weighted by Gasteiger charge is 2.10. The summed E-state index contributed by atoms with van der Waals surface area (Å²) in [6.45, 7) is 0. The fourth-order valence-corrected chi connectivity index (χ4v) is 3.94. The fourth-order valence-electron chi connectivity index (χ4n) is 1.82. The Labute approximate surface area is 167 Å². The normalized spacial score (nSPS) is 11.0. The number of carbonyl (C=O) groups is 1. The van der Waals surface area contributed by atoms with Crippen LogP contribution in [0.2, 0.25) is 10.0 Å². The van der Waals surface area contributed by atoms with Crippen molar-refractivity contribution < 1.29 is 4.79 Å². The number of hydrogen-bond acceptors (Lipinski definition) is 7. The zero-order valence-corrected chi connectivity index (χ0v) is 16.2. The molecular weight excluding hydrogens is 413 g/mol. The van der Waals surface area contributed by atoms with Gasteiger partial charge in [0.05, 0.1) is 22.0 Å². The molecule has 0 aliphatic rings. The third-order valence-corrected chi connectivity index (χ3v) is 5.74. The van der Waals surface area contributed by atoms with Crippen LogP contribution in [0.5, 0.6) is 0 Å². The van der Waals surface area contributed by atoms with Gasteiger partial charge in [-0.05, 0) is 24.3 Å². The number of rotatable bonds is 6. The van der Waals surface area contributed by atoms with Crippen LogP contribution < -0.4 is 5.43 Å². The van der Waals surface area contributed by atoms with Crippen LogP contribution in [-0.2, 0) is 4.79 Å². The number of nitrogens with one attached hydrogen (secondary N) is 1. The molecule has 132 valence electrons. The van der Waals surface area contributed by atoms with Crippen molar-refractivity contribution in [3.8, 4) is 10.7 Å². The Kier molecular flexibility index (Phi) is 6.56. The molecule has 10 heteroatoms. The molecule has 1 aromatic carbocycles. The summed E-state index contributed by atoms with van der Waals surface area (Å²) >= 11 is 14.7.